The van der Waals surface area contributed by atoms with E-state index in [1.807, 2.05) is 13.0 Å². The molecule has 0 amide bonds. The molecule has 36 heavy (non-hydrogen) atoms. The van der Waals surface area contributed by atoms with E-state index in [9.17, 15) is 8.42 Å². The topological polar surface area (TPSA) is 111 Å². The van der Waals surface area contributed by atoms with Crippen LogP contribution < -0.4 is 9.64 Å². The number of fused-ring (bicyclic) bond motifs is 1. The second kappa shape index (κ2) is 9.78. The van der Waals surface area contributed by atoms with Crippen LogP contribution >= 0.6 is 11.3 Å². The van der Waals surface area contributed by atoms with E-state index in [0.717, 1.165) is 58.9 Å². The first-order valence-electron chi connectivity index (χ1n) is 12.0. The van der Waals surface area contributed by atoms with Crippen LogP contribution in [-0.4, -0.2) is 54.5 Å². The first-order chi connectivity index (χ1) is 17.2. The van der Waals surface area contributed by atoms with Crippen molar-refractivity contribution in [1.29, 1.82) is 0 Å². The number of rotatable bonds is 7. The number of piperidine rings is 1. The van der Waals surface area contributed by atoms with E-state index in [4.69, 9.17) is 14.2 Å². The minimum Gasteiger partial charge on any atom is -0.470 e. The van der Waals surface area contributed by atoms with Gasteiger partial charge >= 0.3 is 6.01 Å². The van der Waals surface area contributed by atoms with Crippen LogP contribution in [0.2, 0.25) is 0 Å². The van der Waals surface area contributed by atoms with E-state index in [2.05, 4.69) is 33.9 Å². The normalized spacial score (nSPS) is 15.2. The summed E-state index contributed by atoms with van der Waals surface area (Å²) in [6.07, 6.45) is 3.17. The number of aromatic nitrogens is 4. The molecule has 190 valence electrons. The third-order valence-electron chi connectivity index (χ3n) is 6.39. The summed E-state index contributed by atoms with van der Waals surface area (Å²) < 4.78 is 35.0. The molecule has 4 aromatic rings. The van der Waals surface area contributed by atoms with Crippen molar-refractivity contribution in [1.82, 2.24) is 20.1 Å². The molecule has 0 N–H and O–H groups in total. The van der Waals surface area contributed by atoms with Gasteiger partial charge in [-0.25, -0.2) is 18.4 Å². The smallest absolute Gasteiger partial charge is 0.324 e. The Morgan fingerprint density at radius 1 is 1.14 bits per heavy atom. The Bertz CT molecular complexity index is 1470. The Morgan fingerprint density at radius 3 is 2.50 bits per heavy atom. The Balaban J connectivity index is 1.22. The Morgan fingerprint density at radius 2 is 1.86 bits per heavy atom. The summed E-state index contributed by atoms with van der Waals surface area (Å²) in [4.78, 5) is 17.2. The van der Waals surface area contributed by atoms with Gasteiger partial charge in [0.1, 0.15) is 10.3 Å². The van der Waals surface area contributed by atoms with Gasteiger partial charge in [-0.2, -0.15) is 4.98 Å². The van der Waals surface area contributed by atoms with Gasteiger partial charge < -0.3 is 14.2 Å². The molecule has 1 saturated heterocycles. The highest BCUT2D eigenvalue weighted by atomic mass is 32.2. The van der Waals surface area contributed by atoms with Crippen LogP contribution in [0.15, 0.2) is 39.8 Å². The average molecular weight is 528 g/mol. The summed E-state index contributed by atoms with van der Waals surface area (Å²) in [5, 5.41) is 4.68. The molecular formula is C25H29N5O4S2. The number of hydrogen-bond donors (Lipinski definition) is 0. The van der Waals surface area contributed by atoms with Crippen molar-refractivity contribution in [3.63, 3.8) is 0 Å². The highest BCUT2D eigenvalue weighted by Gasteiger charge is 2.24. The maximum Gasteiger partial charge on any atom is 0.324 e. The fourth-order valence-corrected chi connectivity index (χ4v) is 5.70. The second-order valence-electron chi connectivity index (χ2n) is 9.59. The average Bonchev–Trinajstić information content (AvgIpc) is 3.51. The molecule has 11 heteroatoms. The zero-order valence-electron chi connectivity index (χ0n) is 20.8. The molecule has 3 aromatic heterocycles. The minimum atomic E-state index is -3.23. The lowest BCUT2D eigenvalue weighted by atomic mass is 9.98. The lowest BCUT2D eigenvalue weighted by Gasteiger charge is -2.30. The van der Waals surface area contributed by atoms with E-state index in [0.29, 0.717) is 28.6 Å². The molecule has 9 nitrogen and oxygen atoms in total. The molecule has 0 bridgehead atoms. The summed E-state index contributed by atoms with van der Waals surface area (Å²) in [7, 11) is -3.23. The number of pyridine rings is 1. The first-order valence-corrected chi connectivity index (χ1v) is 14.7. The second-order valence-corrected chi connectivity index (χ2v) is 12.5. The molecule has 4 heterocycles. The predicted octanol–water partition coefficient (Wildman–Crippen LogP) is 4.87. The fourth-order valence-electron chi connectivity index (χ4n) is 4.19. The molecule has 0 atom stereocenters. The number of ether oxygens (including phenoxy) is 1. The Labute approximate surface area is 214 Å². The van der Waals surface area contributed by atoms with Gasteiger partial charge in [0.2, 0.25) is 0 Å². The number of thiazole rings is 1. The van der Waals surface area contributed by atoms with Gasteiger partial charge in [0.05, 0.1) is 17.2 Å². The molecule has 1 aliphatic heterocycles. The van der Waals surface area contributed by atoms with Crippen LogP contribution in [-0.2, 0) is 9.84 Å². The SMILES string of the molecule is Cc1cc(-c2ccc(S(C)(=O)=O)cc2)nc2sc(OCC3CCN(c4nc(C(C)C)no4)CC3)nc12. The lowest BCUT2D eigenvalue weighted by molar-refractivity contribution is 0.219. The van der Waals surface area contributed by atoms with Crippen molar-refractivity contribution in [2.24, 2.45) is 5.92 Å². The molecular weight excluding hydrogens is 498 g/mol. The number of benzene rings is 1. The summed E-state index contributed by atoms with van der Waals surface area (Å²) in [6, 6.07) is 9.37. The van der Waals surface area contributed by atoms with Crippen LogP contribution in [0.25, 0.3) is 21.6 Å². The first kappa shape index (κ1) is 24.6. The van der Waals surface area contributed by atoms with Crippen LogP contribution in [0, 0.1) is 12.8 Å². The molecule has 1 aliphatic rings. The third-order valence-corrected chi connectivity index (χ3v) is 8.38. The van der Waals surface area contributed by atoms with Gasteiger partial charge in [-0.05, 0) is 49.4 Å². The maximum absolute atomic E-state index is 11.7. The van der Waals surface area contributed by atoms with Crippen molar-refractivity contribution in [2.45, 2.75) is 44.4 Å². The summed E-state index contributed by atoms with van der Waals surface area (Å²) in [5.41, 5.74) is 3.47. The monoisotopic (exact) mass is 527 g/mol. The number of hydrogen-bond acceptors (Lipinski definition) is 10. The molecule has 0 unspecified atom stereocenters. The molecule has 0 aliphatic carbocycles. The van der Waals surface area contributed by atoms with Crippen LogP contribution in [0.3, 0.4) is 0 Å². The van der Waals surface area contributed by atoms with Crippen LogP contribution in [0.4, 0.5) is 6.01 Å². The van der Waals surface area contributed by atoms with E-state index < -0.39 is 9.84 Å². The molecule has 1 fully saturated rings. The van der Waals surface area contributed by atoms with Crippen molar-refractivity contribution >= 4 is 37.5 Å². The molecule has 0 spiro atoms. The predicted molar refractivity (Wildman–Crippen MR) is 140 cm³/mol. The van der Waals surface area contributed by atoms with Gasteiger partial charge in [-0.1, -0.05) is 42.5 Å². The van der Waals surface area contributed by atoms with Gasteiger partial charge in [-0.15, -0.1) is 0 Å². The molecule has 5 rings (SSSR count). The van der Waals surface area contributed by atoms with Crippen LogP contribution in [0.1, 0.15) is 44.0 Å². The highest BCUT2D eigenvalue weighted by Crippen LogP contribution is 2.33. The van der Waals surface area contributed by atoms with Gasteiger partial charge in [-0.3, -0.25) is 0 Å². The number of anilines is 1. The summed E-state index contributed by atoms with van der Waals surface area (Å²) >= 11 is 1.44. The standard InChI is InChI=1S/C25H29N5O4S2/c1-15(2)22-28-24(34-29-22)30-11-9-17(10-12-30)14-33-25-27-21-16(3)13-20(26-23(21)35-25)18-5-7-19(8-6-18)36(4,31)32/h5-8,13,15,17H,9-12,14H2,1-4H3. The zero-order chi connectivity index (χ0) is 25.4. The Hall–Kier alpha value is -3.05. The third kappa shape index (κ3) is 5.22. The number of sulfone groups is 1. The van der Waals surface area contributed by atoms with E-state index in [1.54, 1.807) is 24.3 Å². The molecule has 1 aromatic carbocycles. The molecule has 0 saturated carbocycles. The highest BCUT2D eigenvalue weighted by molar-refractivity contribution is 7.90. The van der Waals surface area contributed by atoms with E-state index in [-0.39, 0.29) is 5.92 Å². The van der Waals surface area contributed by atoms with E-state index in [1.165, 1.54) is 17.6 Å². The van der Waals surface area contributed by atoms with Crippen molar-refractivity contribution in [2.75, 3.05) is 30.9 Å². The summed E-state index contributed by atoms with van der Waals surface area (Å²) in [5.74, 6) is 1.42. The minimum absolute atomic E-state index is 0.247. The quantitative estimate of drug-likeness (QED) is 0.332. The van der Waals surface area contributed by atoms with Crippen molar-refractivity contribution in [3.05, 3.63) is 41.7 Å². The van der Waals surface area contributed by atoms with Gasteiger partial charge in [0.15, 0.2) is 15.7 Å². The largest absolute Gasteiger partial charge is 0.470 e. The van der Waals surface area contributed by atoms with Gasteiger partial charge in [0.25, 0.3) is 5.19 Å². The van der Waals surface area contributed by atoms with Gasteiger partial charge in [0, 0.05) is 30.8 Å². The van der Waals surface area contributed by atoms with E-state index >= 15 is 0 Å². The molecule has 0 radical (unpaired) electrons. The lowest BCUT2D eigenvalue weighted by Crippen LogP contribution is -2.35. The Kier molecular flexibility index (Phi) is 6.69. The number of aryl methyl sites for hydroxylation is 1. The number of nitrogens with zero attached hydrogens (tertiary/aromatic N) is 5. The maximum atomic E-state index is 11.7. The fraction of sp³-hybridized carbons (Fsp3) is 0.440. The van der Waals surface area contributed by atoms with Crippen molar-refractivity contribution < 1.29 is 17.7 Å². The van der Waals surface area contributed by atoms with Crippen LogP contribution in [0.5, 0.6) is 5.19 Å². The van der Waals surface area contributed by atoms with Crippen molar-refractivity contribution in [3.8, 4) is 16.5 Å². The zero-order valence-corrected chi connectivity index (χ0v) is 22.4. The summed E-state index contributed by atoms with van der Waals surface area (Å²) in [6.45, 7) is 8.42.